The lowest BCUT2D eigenvalue weighted by molar-refractivity contribution is 0.308. The maximum Gasteiger partial charge on any atom is 0.213 e. The number of benzene rings is 1. The van der Waals surface area contributed by atoms with E-state index in [1.807, 2.05) is 0 Å². The molecule has 0 atom stereocenters. The Hall–Kier alpha value is -1.27. The van der Waals surface area contributed by atoms with Gasteiger partial charge >= 0.3 is 0 Å². The molecule has 3 aliphatic rings. The van der Waals surface area contributed by atoms with Gasteiger partial charge in [-0.15, -0.1) is 0 Å². The Kier molecular flexibility index (Phi) is 3.76. The predicted molar refractivity (Wildman–Crippen MR) is 87.8 cm³/mol. The fraction of sp³-hybridized carbons (Fsp3) is 0.647. The zero-order valence-corrected chi connectivity index (χ0v) is 14.3. The van der Waals surface area contributed by atoms with Crippen LogP contribution in [0.3, 0.4) is 0 Å². The second-order valence-corrected chi connectivity index (χ2v) is 8.78. The minimum absolute atomic E-state index is 0.185. The van der Waals surface area contributed by atoms with Crippen LogP contribution in [0.2, 0.25) is 0 Å². The normalized spacial score (nSPS) is 21.6. The number of fused-ring (bicyclic) bond motifs is 2. The van der Waals surface area contributed by atoms with Gasteiger partial charge in [-0.2, -0.15) is 0 Å². The van der Waals surface area contributed by atoms with Crippen molar-refractivity contribution in [3.05, 3.63) is 22.8 Å². The number of sulfonamides is 1. The summed E-state index contributed by atoms with van der Waals surface area (Å²) >= 11 is 0. The van der Waals surface area contributed by atoms with Crippen LogP contribution in [-0.4, -0.2) is 44.8 Å². The van der Waals surface area contributed by atoms with Crippen molar-refractivity contribution in [2.75, 3.05) is 32.1 Å². The minimum Gasteiger partial charge on any atom is -0.493 e. The number of hydrogen-bond acceptors (Lipinski definition) is 4. The molecule has 126 valence electrons. The Morgan fingerprint density at radius 1 is 1.17 bits per heavy atom. The molecule has 5 nitrogen and oxygen atoms in total. The fourth-order valence-corrected chi connectivity index (χ4v) is 5.19. The van der Waals surface area contributed by atoms with E-state index in [0.717, 1.165) is 50.4 Å². The van der Waals surface area contributed by atoms with Crippen LogP contribution in [0.25, 0.3) is 0 Å². The highest BCUT2D eigenvalue weighted by Gasteiger charge is 2.34. The van der Waals surface area contributed by atoms with Gasteiger partial charge in [0.1, 0.15) is 11.5 Å². The monoisotopic (exact) mass is 337 g/mol. The maximum atomic E-state index is 12.1. The molecule has 1 saturated heterocycles. The number of nitrogens with zero attached hydrogens (tertiary/aromatic N) is 1. The largest absolute Gasteiger partial charge is 0.493 e. The lowest BCUT2D eigenvalue weighted by atomic mass is 9.84. The van der Waals surface area contributed by atoms with Crippen molar-refractivity contribution >= 4 is 10.0 Å². The molecule has 0 unspecified atom stereocenters. The van der Waals surface area contributed by atoms with E-state index in [9.17, 15) is 8.42 Å². The summed E-state index contributed by atoms with van der Waals surface area (Å²) in [5.41, 5.74) is 3.85. The van der Waals surface area contributed by atoms with Crippen LogP contribution in [0.15, 0.2) is 6.07 Å². The van der Waals surface area contributed by atoms with Gasteiger partial charge in [-0.3, -0.25) is 0 Å². The van der Waals surface area contributed by atoms with Gasteiger partial charge in [-0.05, 0) is 31.7 Å². The zero-order chi connectivity index (χ0) is 16.0. The first-order chi connectivity index (χ1) is 11.1. The average molecular weight is 337 g/mol. The second-order valence-electron chi connectivity index (χ2n) is 6.53. The van der Waals surface area contributed by atoms with Gasteiger partial charge in [0.05, 0.1) is 19.0 Å². The van der Waals surface area contributed by atoms with Crippen molar-refractivity contribution in [1.29, 1.82) is 0 Å². The fourth-order valence-electron chi connectivity index (χ4n) is 4.06. The van der Waals surface area contributed by atoms with Gasteiger partial charge in [0.15, 0.2) is 0 Å². The molecular formula is C17H23NO4S. The molecule has 1 aromatic rings. The molecule has 23 heavy (non-hydrogen) atoms. The van der Waals surface area contributed by atoms with Crippen LogP contribution in [0.1, 0.15) is 42.4 Å². The molecule has 4 rings (SSSR count). The first-order valence-electron chi connectivity index (χ1n) is 8.52. The van der Waals surface area contributed by atoms with E-state index < -0.39 is 10.0 Å². The van der Waals surface area contributed by atoms with Gasteiger partial charge in [0.2, 0.25) is 10.0 Å². The standard InChI is InChI=1S/C17H23NO4S/c1-2-23(19,20)18-7-3-12(4-8-18)16-14-6-10-21-15(14)11-13-5-9-22-17(13)16/h11-12H,2-10H2,1H3. The molecule has 3 aliphatic heterocycles. The summed E-state index contributed by atoms with van der Waals surface area (Å²) in [6.07, 6.45) is 3.62. The number of hydrogen-bond donors (Lipinski definition) is 0. The molecule has 0 aromatic heterocycles. The van der Waals surface area contributed by atoms with Crippen molar-refractivity contribution in [2.24, 2.45) is 0 Å². The Morgan fingerprint density at radius 2 is 1.91 bits per heavy atom. The molecule has 0 saturated carbocycles. The highest BCUT2D eigenvalue weighted by atomic mass is 32.2. The Balaban J connectivity index is 1.63. The van der Waals surface area contributed by atoms with Crippen molar-refractivity contribution in [3.63, 3.8) is 0 Å². The summed E-state index contributed by atoms with van der Waals surface area (Å²) in [6, 6.07) is 2.14. The third-order valence-corrected chi connectivity index (χ3v) is 7.19. The van der Waals surface area contributed by atoms with E-state index in [0.29, 0.717) is 19.0 Å². The molecule has 1 aromatic carbocycles. The second kappa shape index (κ2) is 5.67. The molecule has 0 amide bonds. The highest BCUT2D eigenvalue weighted by Crippen LogP contribution is 2.46. The predicted octanol–water partition coefficient (Wildman–Crippen LogP) is 2.09. The van der Waals surface area contributed by atoms with E-state index in [1.165, 1.54) is 16.7 Å². The molecule has 3 heterocycles. The van der Waals surface area contributed by atoms with Gasteiger partial charge in [0.25, 0.3) is 0 Å². The molecule has 1 fully saturated rings. The Labute approximate surface area is 137 Å². The van der Waals surface area contributed by atoms with E-state index in [-0.39, 0.29) is 5.75 Å². The lowest BCUT2D eigenvalue weighted by Gasteiger charge is -2.32. The summed E-state index contributed by atoms with van der Waals surface area (Å²) in [5.74, 6) is 2.64. The molecule has 6 heteroatoms. The van der Waals surface area contributed by atoms with Crippen molar-refractivity contribution < 1.29 is 17.9 Å². The summed E-state index contributed by atoms with van der Waals surface area (Å²) in [7, 11) is -3.07. The summed E-state index contributed by atoms with van der Waals surface area (Å²) in [6.45, 7) is 4.42. The lowest BCUT2D eigenvalue weighted by Crippen LogP contribution is -2.38. The summed E-state index contributed by atoms with van der Waals surface area (Å²) < 4.78 is 37.5. The van der Waals surface area contributed by atoms with Crippen molar-refractivity contribution in [2.45, 2.75) is 38.5 Å². The van der Waals surface area contributed by atoms with Crippen LogP contribution in [0.5, 0.6) is 11.5 Å². The van der Waals surface area contributed by atoms with Crippen molar-refractivity contribution in [1.82, 2.24) is 4.31 Å². The molecule has 0 spiro atoms. The molecule has 0 radical (unpaired) electrons. The topological polar surface area (TPSA) is 55.8 Å². The summed E-state index contributed by atoms with van der Waals surface area (Å²) in [4.78, 5) is 0. The highest BCUT2D eigenvalue weighted by molar-refractivity contribution is 7.89. The van der Waals surface area contributed by atoms with Crippen molar-refractivity contribution in [3.8, 4) is 11.5 Å². The van der Waals surface area contributed by atoms with Crippen LogP contribution in [-0.2, 0) is 22.9 Å². The zero-order valence-electron chi connectivity index (χ0n) is 13.5. The van der Waals surface area contributed by atoms with E-state index in [2.05, 4.69) is 6.07 Å². The Morgan fingerprint density at radius 3 is 2.65 bits per heavy atom. The first kappa shape index (κ1) is 15.3. The molecule has 0 N–H and O–H groups in total. The van der Waals surface area contributed by atoms with E-state index in [4.69, 9.17) is 9.47 Å². The molecular weight excluding hydrogens is 314 g/mol. The van der Waals surface area contributed by atoms with E-state index in [1.54, 1.807) is 11.2 Å². The van der Waals surface area contributed by atoms with Gasteiger partial charge in [-0.25, -0.2) is 12.7 Å². The SMILES string of the molecule is CCS(=O)(=O)N1CCC(c2c3c(cc4c2OCC4)OCC3)CC1. The first-order valence-corrected chi connectivity index (χ1v) is 10.1. The third kappa shape index (κ3) is 2.52. The number of ether oxygens (including phenoxy) is 2. The number of piperidine rings is 1. The van der Waals surface area contributed by atoms with Crippen LogP contribution >= 0.6 is 0 Å². The average Bonchev–Trinajstić information content (AvgIpc) is 3.21. The Bertz CT molecular complexity index is 688. The van der Waals surface area contributed by atoms with Crippen LogP contribution in [0.4, 0.5) is 0 Å². The van der Waals surface area contributed by atoms with Gasteiger partial charge in [0, 0.05) is 42.6 Å². The number of rotatable bonds is 3. The minimum atomic E-state index is -3.07. The maximum absolute atomic E-state index is 12.1. The van der Waals surface area contributed by atoms with Crippen LogP contribution in [0, 0.1) is 0 Å². The smallest absolute Gasteiger partial charge is 0.213 e. The third-order valence-electron chi connectivity index (χ3n) is 5.31. The molecule has 0 bridgehead atoms. The summed E-state index contributed by atoms with van der Waals surface area (Å²) in [5, 5.41) is 0. The van der Waals surface area contributed by atoms with E-state index >= 15 is 0 Å². The quantitative estimate of drug-likeness (QED) is 0.847. The van der Waals surface area contributed by atoms with Crippen LogP contribution < -0.4 is 9.47 Å². The van der Waals surface area contributed by atoms with Gasteiger partial charge in [-0.1, -0.05) is 0 Å². The molecule has 0 aliphatic carbocycles. The van der Waals surface area contributed by atoms with Gasteiger partial charge < -0.3 is 9.47 Å².